The van der Waals surface area contributed by atoms with Crippen LogP contribution in [0.2, 0.25) is 0 Å². The smallest absolute Gasteiger partial charge is 0.258 e. The van der Waals surface area contributed by atoms with Gasteiger partial charge in [-0.25, -0.2) is 4.98 Å². The number of nitrogens with zero attached hydrogens (tertiary/aromatic N) is 2. The first-order valence-corrected chi connectivity index (χ1v) is 8.70. The largest absolute Gasteiger partial charge is 0.496 e. The molecule has 0 aliphatic heterocycles. The first kappa shape index (κ1) is 17.8. The molecule has 4 aromatic rings. The predicted octanol–water partition coefficient (Wildman–Crippen LogP) is 3.09. The van der Waals surface area contributed by atoms with Crippen molar-refractivity contribution in [2.45, 2.75) is 6.42 Å². The predicted molar refractivity (Wildman–Crippen MR) is 107 cm³/mol. The van der Waals surface area contributed by atoms with Crippen molar-refractivity contribution in [2.24, 2.45) is 0 Å². The van der Waals surface area contributed by atoms with Crippen molar-refractivity contribution < 1.29 is 14.2 Å². The third-order valence-electron chi connectivity index (χ3n) is 4.62. The van der Waals surface area contributed by atoms with E-state index in [0.717, 1.165) is 22.2 Å². The Balaban J connectivity index is 1.82. The van der Waals surface area contributed by atoms with E-state index in [0.29, 0.717) is 34.6 Å². The molecule has 4 rings (SSSR count). The third kappa shape index (κ3) is 3.00. The summed E-state index contributed by atoms with van der Waals surface area (Å²) in [5, 5.41) is 1.35. The molecule has 2 aromatic carbocycles. The topological polar surface area (TPSA) is 86.3 Å². The van der Waals surface area contributed by atoms with Crippen molar-refractivity contribution in [1.29, 1.82) is 0 Å². The number of aromatic nitrogens is 3. The number of ether oxygens (including phenoxy) is 3. The summed E-state index contributed by atoms with van der Waals surface area (Å²) in [6.45, 7) is 0. The van der Waals surface area contributed by atoms with Crippen molar-refractivity contribution in [3.8, 4) is 17.2 Å². The third-order valence-corrected chi connectivity index (χ3v) is 4.62. The minimum absolute atomic E-state index is 0.242. The number of rotatable bonds is 5. The van der Waals surface area contributed by atoms with Crippen LogP contribution in [-0.4, -0.2) is 36.3 Å². The second kappa shape index (κ2) is 7.19. The fourth-order valence-corrected chi connectivity index (χ4v) is 3.30. The van der Waals surface area contributed by atoms with Gasteiger partial charge in [0, 0.05) is 29.6 Å². The molecule has 0 saturated heterocycles. The summed E-state index contributed by atoms with van der Waals surface area (Å²) in [6.07, 6.45) is 2.13. The molecule has 1 N–H and O–H groups in total. The van der Waals surface area contributed by atoms with Gasteiger partial charge in [0.25, 0.3) is 5.56 Å². The van der Waals surface area contributed by atoms with Crippen LogP contribution in [0.1, 0.15) is 11.4 Å². The van der Waals surface area contributed by atoms with Gasteiger partial charge in [0.15, 0.2) is 11.5 Å². The van der Waals surface area contributed by atoms with Gasteiger partial charge >= 0.3 is 0 Å². The summed E-state index contributed by atoms with van der Waals surface area (Å²) in [5.74, 6) is 2.24. The van der Waals surface area contributed by atoms with Gasteiger partial charge in [-0.3, -0.25) is 9.78 Å². The Labute approximate surface area is 160 Å². The lowest BCUT2D eigenvalue weighted by atomic mass is 10.1. The van der Waals surface area contributed by atoms with Gasteiger partial charge in [0.2, 0.25) is 0 Å². The Hall–Kier alpha value is -3.61. The number of nitrogens with one attached hydrogen (secondary N) is 1. The Bertz CT molecular complexity index is 1230. The molecule has 0 spiro atoms. The van der Waals surface area contributed by atoms with E-state index in [4.69, 9.17) is 14.2 Å². The Morgan fingerprint density at radius 3 is 2.43 bits per heavy atom. The monoisotopic (exact) mass is 377 g/mol. The minimum Gasteiger partial charge on any atom is -0.496 e. The lowest BCUT2D eigenvalue weighted by molar-refractivity contribution is 0.355. The Morgan fingerprint density at radius 1 is 0.929 bits per heavy atom. The summed E-state index contributed by atoms with van der Waals surface area (Å²) in [5.41, 5.74) is 1.97. The minimum atomic E-state index is -0.242. The van der Waals surface area contributed by atoms with Gasteiger partial charge in [-0.1, -0.05) is 12.1 Å². The number of pyridine rings is 1. The second-order valence-electron chi connectivity index (χ2n) is 6.25. The van der Waals surface area contributed by atoms with Crippen molar-refractivity contribution in [3.05, 3.63) is 64.3 Å². The van der Waals surface area contributed by atoms with Crippen LogP contribution in [0.3, 0.4) is 0 Å². The molecular weight excluding hydrogens is 358 g/mol. The molecule has 0 amide bonds. The molecule has 2 aromatic heterocycles. The number of fused-ring (bicyclic) bond motifs is 2. The number of H-pyrrole nitrogens is 1. The lowest BCUT2D eigenvalue weighted by Gasteiger charge is -2.12. The number of hydrogen-bond acceptors (Lipinski definition) is 6. The molecule has 0 unspecified atom stereocenters. The molecule has 7 heteroatoms. The Kier molecular flexibility index (Phi) is 4.57. The van der Waals surface area contributed by atoms with Gasteiger partial charge in [0.05, 0.1) is 37.7 Å². The number of methoxy groups -OCH3 is 3. The fraction of sp³-hybridized carbons (Fsp3) is 0.190. The first-order chi connectivity index (χ1) is 13.6. The molecule has 28 heavy (non-hydrogen) atoms. The van der Waals surface area contributed by atoms with Gasteiger partial charge in [-0.05, 0) is 18.2 Å². The quantitative estimate of drug-likeness (QED) is 0.575. The number of benzene rings is 2. The van der Waals surface area contributed by atoms with E-state index in [1.807, 2.05) is 24.3 Å². The van der Waals surface area contributed by atoms with Crippen LogP contribution in [0.4, 0.5) is 0 Å². The molecular formula is C21H19N3O4. The summed E-state index contributed by atoms with van der Waals surface area (Å²) < 4.78 is 16.2. The first-order valence-electron chi connectivity index (χ1n) is 8.70. The second-order valence-corrected chi connectivity index (χ2v) is 6.25. The fourth-order valence-electron chi connectivity index (χ4n) is 3.30. The van der Waals surface area contributed by atoms with Crippen molar-refractivity contribution in [1.82, 2.24) is 15.0 Å². The van der Waals surface area contributed by atoms with Crippen LogP contribution < -0.4 is 19.8 Å². The zero-order valence-electron chi connectivity index (χ0n) is 15.8. The van der Waals surface area contributed by atoms with Crippen molar-refractivity contribution in [2.75, 3.05) is 21.3 Å². The zero-order chi connectivity index (χ0) is 19.7. The maximum absolute atomic E-state index is 12.6. The van der Waals surface area contributed by atoms with Crippen LogP contribution in [0.25, 0.3) is 21.8 Å². The number of hydrogen-bond donors (Lipinski definition) is 1. The van der Waals surface area contributed by atoms with Crippen LogP contribution in [-0.2, 0) is 6.42 Å². The van der Waals surface area contributed by atoms with E-state index >= 15 is 0 Å². The molecule has 0 atom stereocenters. The van der Waals surface area contributed by atoms with E-state index in [-0.39, 0.29) is 5.56 Å². The highest BCUT2D eigenvalue weighted by atomic mass is 16.5. The van der Waals surface area contributed by atoms with E-state index in [1.54, 1.807) is 32.5 Å². The summed E-state index contributed by atoms with van der Waals surface area (Å²) in [7, 11) is 4.70. The van der Waals surface area contributed by atoms with Crippen LogP contribution in [0.15, 0.2) is 47.4 Å². The highest BCUT2D eigenvalue weighted by molar-refractivity contribution is 5.86. The van der Waals surface area contributed by atoms with Gasteiger partial charge in [-0.15, -0.1) is 0 Å². The Morgan fingerprint density at radius 2 is 1.68 bits per heavy atom. The van der Waals surface area contributed by atoms with Crippen LogP contribution >= 0.6 is 0 Å². The van der Waals surface area contributed by atoms with E-state index in [1.165, 1.54) is 7.11 Å². The summed E-state index contributed by atoms with van der Waals surface area (Å²) in [4.78, 5) is 24.5. The van der Waals surface area contributed by atoms with E-state index in [2.05, 4.69) is 15.0 Å². The molecule has 0 bridgehead atoms. The maximum Gasteiger partial charge on any atom is 0.258 e. The van der Waals surface area contributed by atoms with Crippen LogP contribution in [0.5, 0.6) is 17.2 Å². The van der Waals surface area contributed by atoms with Gasteiger partial charge < -0.3 is 19.2 Å². The molecule has 2 heterocycles. The lowest BCUT2D eigenvalue weighted by Crippen LogP contribution is -2.13. The average molecular weight is 377 g/mol. The molecule has 0 fully saturated rings. The number of aromatic amines is 1. The maximum atomic E-state index is 12.6. The van der Waals surface area contributed by atoms with Crippen molar-refractivity contribution >= 4 is 21.8 Å². The van der Waals surface area contributed by atoms with Crippen molar-refractivity contribution in [3.63, 3.8) is 0 Å². The molecule has 7 nitrogen and oxygen atoms in total. The molecule has 0 aliphatic rings. The zero-order valence-corrected chi connectivity index (χ0v) is 15.8. The standard InChI is InChI=1S/C21H19N3O4/c1-26-17-9-14-16(10-18(17)27-2)23-19(24-21(14)25)8-12-11-22-15-7-5-4-6-13(15)20(12)28-3/h4-7,9-11H,8H2,1-3H3,(H,23,24,25). The van der Waals surface area contributed by atoms with Crippen LogP contribution in [0, 0.1) is 0 Å². The molecule has 0 saturated carbocycles. The summed E-state index contributed by atoms with van der Waals surface area (Å²) in [6, 6.07) is 11.1. The average Bonchev–Trinajstić information content (AvgIpc) is 2.72. The summed E-state index contributed by atoms with van der Waals surface area (Å²) >= 11 is 0. The van der Waals surface area contributed by atoms with E-state index in [9.17, 15) is 4.79 Å². The highest BCUT2D eigenvalue weighted by Crippen LogP contribution is 2.31. The van der Waals surface area contributed by atoms with E-state index < -0.39 is 0 Å². The highest BCUT2D eigenvalue weighted by Gasteiger charge is 2.14. The SMILES string of the molecule is COc1cc2nc(Cc3cnc4ccccc4c3OC)[nH]c(=O)c2cc1OC. The normalized spacial score (nSPS) is 11.0. The molecule has 142 valence electrons. The van der Waals surface area contributed by atoms with Gasteiger partial charge in [-0.2, -0.15) is 0 Å². The number of para-hydroxylation sites is 1. The molecule has 0 radical (unpaired) electrons. The van der Waals surface area contributed by atoms with Gasteiger partial charge in [0.1, 0.15) is 11.6 Å². The molecule has 0 aliphatic carbocycles.